The molecule has 1 fully saturated rings. The van der Waals surface area contributed by atoms with Gasteiger partial charge in [0.2, 0.25) is 0 Å². The van der Waals surface area contributed by atoms with Crippen molar-refractivity contribution in [1.82, 2.24) is 4.90 Å². The van der Waals surface area contributed by atoms with Crippen LogP contribution in [0.25, 0.3) is 0 Å². The molecule has 0 saturated carbocycles. The molecule has 1 amide bonds. The highest BCUT2D eigenvalue weighted by molar-refractivity contribution is 5.95. The number of nitrogens with zero attached hydrogens (tertiary/aromatic N) is 1. The summed E-state index contributed by atoms with van der Waals surface area (Å²) < 4.78 is 10.2. The minimum atomic E-state index is -0.883. The van der Waals surface area contributed by atoms with Gasteiger partial charge in [0.05, 0.1) is 7.11 Å². The molecule has 1 N–H and O–H groups in total. The number of likely N-dealkylation sites (tertiary alicyclic amines) is 1. The van der Waals surface area contributed by atoms with Crippen LogP contribution in [-0.4, -0.2) is 48.2 Å². The normalized spacial score (nSPS) is 16.3. The standard InChI is InChI=1S/C17H23NO5/c1-12(16(20)18-10-5-3-4-6-11-18)23-17(21)13-8-7-9-14(22-2)15(13)19/h7-9,12,19H,3-6,10-11H2,1-2H3. The molecular weight excluding hydrogens is 298 g/mol. The second-order valence-corrected chi connectivity index (χ2v) is 5.64. The minimum absolute atomic E-state index is 0.0140. The maximum absolute atomic E-state index is 12.4. The van der Waals surface area contributed by atoms with Crippen LogP contribution in [0.15, 0.2) is 18.2 Å². The third kappa shape index (κ3) is 4.15. The number of hydrogen-bond acceptors (Lipinski definition) is 5. The third-order valence-corrected chi connectivity index (χ3v) is 3.99. The Morgan fingerprint density at radius 2 is 1.83 bits per heavy atom. The minimum Gasteiger partial charge on any atom is -0.504 e. The molecule has 1 unspecified atom stereocenters. The van der Waals surface area contributed by atoms with Gasteiger partial charge in [-0.15, -0.1) is 0 Å². The van der Waals surface area contributed by atoms with Gasteiger partial charge in [-0.25, -0.2) is 4.79 Å². The topological polar surface area (TPSA) is 76.1 Å². The van der Waals surface area contributed by atoms with Crippen LogP contribution in [0.2, 0.25) is 0 Å². The Morgan fingerprint density at radius 3 is 2.43 bits per heavy atom. The first-order chi connectivity index (χ1) is 11.0. The Balaban J connectivity index is 2.03. The molecule has 0 aliphatic carbocycles. The van der Waals surface area contributed by atoms with Crippen LogP contribution in [0, 0.1) is 0 Å². The van der Waals surface area contributed by atoms with Gasteiger partial charge in [0.25, 0.3) is 5.91 Å². The highest BCUT2D eigenvalue weighted by atomic mass is 16.5. The van der Waals surface area contributed by atoms with E-state index in [1.54, 1.807) is 17.9 Å². The fourth-order valence-electron chi connectivity index (χ4n) is 2.67. The molecule has 1 aromatic carbocycles. The predicted molar refractivity (Wildman–Crippen MR) is 84.6 cm³/mol. The van der Waals surface area contributed by atoms with Crippen LogP contribution in [0.3, 0.4) is 0 Å². The van der Waals surface area contributed by atoms with E-state index in [2.05, 4.69) is 0 Å². The van der Waals surface area contributed by atoms with Gasteiger partial charge in [0.1, 0.15) is 5.56 Å². The van der Waals surface area contributed by atoms with Crippen LogP contribution in [0.4, 0.5) is 0 Å². The number of phenols is 1. The number of methoxy groups -OCH3 is 1. The molecule has 1 aliphatic rings. The van der Waals surface area contributed by atoms with Crippen LogP contribution in [-0.2, 0) is 9.53 Å². The summed E-state index contributed by atoms with van der Waals surface area (Å²) in [5, 5.41) is 9.98. The fourth-order valence-corrected chi connectivity index (χ4v) is 2.67. The number of ether oxygens (including phenoxy) is 2. The molecule has 0 spiro atoms. The summed E-state index contributed by atoms with van der Waals surface area (Å²) in [4.78, 5) is 26.3. The SMILES string of the molecule is COc1cccc(C(=O)OC(C)C(=O)N2CCCCCC2)c1O. The second-order valence-electron chi connectivity index (χ2n) is 5.64. The highest BCUT2D eigenvalue weighted by Crippen LogP contribution is 2.30. The molecule has 0 aromatic heterocycles. The summed E-state index contributed by atoms with van der Waals surface area (Å²) in [6.45, 7) is 2.96. The van der Waals surface area contributed by atoms with Gasteiger partial charge < -0.3 is 19.5 Å². The van der Waals surface area contributed by atoms with Crippen molar-refractivity contribution in [3.8, 4) is 11.5 Å². The Morgan fingerprint density at radius 1 is 1.17 bits per heavy atom. The van der Waals surface area contributed by atoms with Crippen molar-refractivity contribution in [1.29, 1.82) is 0 Å². The van der Waals surface area contributed by atoms with Crippen molar-refractivity contribution in [2.24, 2.45) is 0 Å². The second kappa shape index (κ2) is 7.85. The van der Waals surface area contributed by atoms with E-state index in [9.17, 15) is 14.7 Å². The highest BCUT2D eigenvalue weighted by Gasteiger charge is 2.26. The number of aromatic hydroxyl groups is 1. The molecule has 1 aromatic rings. The van der Waals surface area contributed by atoms with Gasteiger partial charge in [-0.1, -0.05) is 18.9 Å². The lowest BCUT2D eigenvalue weighted by molar-refractivity contribution is -0.139. The monoisotopic (exact) mass is 321 g/mol. The van der Waals surface area contributed by atoms with E-state index in [4.69, 9.17) is 9.47 Å². The van der Waals surface area contributed by atoms with Gasteiger partial charge in [0.15, 0.2) is 17.6 Å². The lowest BCUT2D eigenvalue weighted by atomic mass is 10.2. The van der Waals surface area contributed by atoms with Crippen molar-refractivity contribution in [3.05, 3.63) is 23.8 Å². The first-order valence-corrected chi connectivity index (χ1v) is 7.90. The largest absolute Gasteiger partial charge is 0.504 e. The summed E-state index contributed by atoms with van der Waals surface area (Å²) in [5.41, 5.74) is -0.0140. The fraction of sp³-hybridized carbons (Fsp3) is 0.529. The number of rotatable bonds is 4. The van der Waals surface area contributed by atoms with E-state index in [1.165, 1.54) is 19.2 Å². The lowest BCUT2D eigenvalue weighted by Crippen LogP contribution is -2.40. The summed E-state index contributed by atoms with van der Waals surface area (Å²) >= 11 is 0. The van der Waals surface area contributed by atoms with Crippen molar-refractivity contribution in [2.75, 3.05) is 20.2 Å². The number of hydrogen-bond donors (Lipinski definition) is 1. The molecule has 0 bridgehead atoms. The van der Waals surface area contributed by atoms with E-state index in [0.717, 1.165) is 25.7 Å². The summed E-state index contributed by atoms with van der Waals surface area (Å²) in [7, 11) is 1.40. The average molecular weight is 321 g/mol. The van der Waals surface area contributed by atoms with Crippen molar-refractivity contribution < 1.29 is 24.2 Å². The van der Waals surface area contributed by atoms with Crippen molar-refractivity contribution >= 4 is 11.9 Å². The van der Waals surface area contributed by atoms with Gasteiger partial charge in [-0.3, -0.25) is 4.79 Å². The maximum Gasteiger partial charge on any atom is 0.342 e. The molecule has 6 heteroatoms. The van der Waals surface area contributed by atoms with Crippen molar-refractivity contribution in [2.45, 2.75) is 38.7 Å². The zero-order valence-corrected chi connectivity index (χ0v) is 13.6. The summed E-state index contributed by atoms with van der Waals surface area (Å²) in [6, 6.07) is 4.55. The number of amides is 1. The van der Waals surface area contributed by atoms with Crippen LogP contribution in [0.1, 0.15) is 43.0 Å². The molecule has 1 aliphatic heterocycles. The Labute approximate surface area is 136 Å². The number of carbonyl (C=O) groups is 2. The quantitative estimate of drug-likeness (QED) is 0.862. The summed E-state index contributed by atoms with van der Waals surface area (Å²) in [5.74, 6) is -1.03. The van der Waals surface area contributed by atoms with Gasteiger partial charge in [-0.05, 0) is 31.9 Å². The Hall–Kier alpha value is -2.24. The molecule has 126 valence electrons. The molecule has 6 nitrogen and oxygen atoms in total. The average Bonchev–Trinajstić information content (AvgIpc) is 2.83. The Bertz CT molecular complexity index is 564. The van der Waals surface area contributed by atoms with E-state index in [0.29, 0.717) is 13.1 Å². The molecule has 2 rings (SSSR count). The number of para-hydroxylation sites is 1. The molecular formula is C17H23NO5. The first-order valence-electron chi connectivity index (χ1n) is 7.90. The zero-order chi connectivity index (χ0) is 16.8. The Kier molecular flexibility index (Phi) is 5.84. The molecule has 1 heterocycles. The van der Waals surface area contributed by atoms with Crippen LogP contribution < -0.4 is 4.74 Å². The van der Waals surface area contributed by atoms with Gasteiger partial charge in [-0.2, -0.15) is 0 Å². The van der Waals surface area contributed by atoms with E-state index < -0.39 is 12.1 Å². The maximum atomic E-state index is 12.4. The number of benzene rings is 1. The first kappa shape index (κ1) is 17.1. The number of carbonyl (C=O) groups excluding carboxylic acids is 2. The van der Waals surface area contributed by atoms with E-state index in [-0.39, 0.29) is 23.0 Å². The predicted octanol–water partition coefficient (Wildman–Crippen LogP) is 2.35. The van der Waals surface area contributed by atoms with E-state index >= 15 is 0 Å². The molecule has 0 radical (unpaired) electrons. The number of phenolic OH excluding ortho intramolecular Hbond substituents is 1. The summed E-state index contributed by atoms with van der Waals surface area (Å²) in [6.07, 6.45) is 3.31. The van der Waals surface area contributed by atoms with Crippen LogP contribution >= 0.6 is 0 Å². The van der Waals surface area contributed by atoms with Gasteiger partial charge >= 0.3 is 5.97 Å². The van der Waals surface area contributed by atoms with Crippen LogP contribution in [0.5, 0.6) is 11.5 Å². The molecule has 1 saturated heterocycles. The zero-order valence-electron chi connectivity index (χ0n) is 13.6. The van der Waals surface area contributed by atoms with Gasteiger partial charge in [0, 0.05) is 13.1 Å². The number of esters is 1. The smallest absolute Gasteiger partial charge is 0.342 e. The van der Waals surface area contributed by atoms with E-state index in [1.807, 2.05) is 0 Å². The lowest BCUT2D eigenvalue weighted by Gasteiger charge is -2.24. The third-order valence-electron chi connectivity index (χ3n) is 3.99. The molecule has 23 heavy (non-hydrogen) atoms. The van der Waals surface area contributed by atoms with Crippen molar-refractivity contribution in [3.63, 3.8) is 0 Å². The molecule has 1 atom stereocenters.